The van der Waals surface area contributed by atoms with Gasteiger partial charge >= 0.3 is 0 Å². The molecule has 20 heavy (non-hydrogen) atoms. The molecular formula is C13H15N5O2. The predicted molar refractivity (Wildman–Crippen MR) is 74.0 cm³/mol. The molecule has 7 nitrogen and oxygen atoms in total. The second-order valence-electron chi connectivity index (χ2n) is 4.35. The van der Waals surface area contributed by atoms with Crippen LogP contribution in [-0.2, 0) is 7.05 Å². The van der Waals surface area contributed by atoms with Crippen LogP contribution in [0.15, 0.2) is 30.7 Å². The minimum Gasteiger partial charge on any atom is -0.330 e. The number of anilines is 1. The van der Waals surface area contributed by atoms with Gasteiger partial charge in [-0.25, -0.2) is 10.8 Å². The van der Waals surface area contributed by atoms with Crippen LogP contribution in [0.1, 0.15) is 26.4 Å². The highest BCUT2D eigenvalue weighted by molar-refractivity contribution is 6.04. The van der Waals surface area contributed by atoms with Crippen molar-refractivity contribution in [3.05, 3.63) is 47.5 Å². The number of aryl methyl sites for hydroxylation is 2. The van der Waals surface area contributed by atoms with Gasteiger partial charge in [-0.1, -0.05) is 6.07 Å². The lowest BCUT2D eigenvalue weighted by molar-refractivity contribution is 0.0952. The zero-order valence-corrected chi connectivity index (χ0v) is 11.2. The van der Waals surface area contributed by atoms with Crippen molar-refractivity contribution in [1.29, 1.82) is 0 Å². The van der Waals surface area contributed by atoms with Crippen molar-refractivity contribution in [1.82, 2.24) is 15.0 Å². The third kappa shape index (κ3) is 2.67. The number of hydrogen-bond acceptors (Lipinski definition) is 4. The molecule has 4 N–H and O–H groups in total. The lowest BCUT2D eigenvalue weighted by Gasteiger charge is -2.10. The first-order chi connectivity index (χ1) is 9.52. The van der Waals surface area contributed by atoms with Gasteiger partial charge in [0.1, 0.15) is 5.69 Å². The van der Waals surface area contributed by atoms with Gasteiger partial charge in [0, 0.05) is 18.3 Å². The Morgan fingerprint density at radius 3 is 2.65 bits per heavy atom. The lowest BCUT2D eigenvalue weighted by atomic mass is 10.1. The number of nitrogen functional groups attached to an aromatic ring is 1. The number of carbonyl (C=O) groups excluding carboxylic acids is 2. The maximum Gasteiger partial charge on any atom is 0.273 e. The summed E-state index contributed by atoms with van der Waals surface area (Å²) in [5.41, 5.74) is 4.25. The molecule has 1 aromatic heterocycles. The molecule has 0 fully saturated rings. The Bertz CT molecular complexity index is 663. The molecule has 7 heteroatoms. The van der Waals surface area contributed by atoms with Gasteiger partial charge < -0.3 is 9.88 Å². The Hall–Kier alpha value is -2.67. The van der Waals surface area contributed by atoms with E-state index in [-0.39, 0.29) is 5.91 Å². The highest BCUT2D eigenvalue weighted by atomic mass is 16.2. The van der Waals surface area contributed by atoms with Crippen molar-refractivity contribution < 1.29 is 9.59 Å². The van der Waals surface area contributed by atoms with Gasteiger partial charge in [-0.3, -0.25) is 15.0 Å². The second-order valence-corrected chi connectivity index (χ2v) is 4.35. The monoisotopic (exact) mass is 273 g/mol. The number of nitrogens with two attached hydrogens (primary N) is 1. The van der Waals surface area contributed by atoms with Gasteiger partial charge in [0.05, 0.1) is 12.5 Å². The van der Waals surface area contributed by atoms with Crippen LogP contribution in [0.25, 0.3) is 0 Å². The lowest BCUT2D eigenvalue weighted by Crippen LogP contribution is -2.30. The summed E-state index contributed by atoms with van der Waals surface area (Å²) in [6.45, 7) is 1.84. The van der Waals surface area contributed by atoms with Crippen LogP contribution in [-0.4, -0.2) is 21.4 Å². The first-order valence-electron chi connectivity index (χ1n) is 5.92. The van der Waals surface area contributed by atoms with E-state index in [1.54, 1.807) is 36.1 Å². The number of amides is 2. The predicted octanol–water partition coefficient (Wildman–Crippen LogP) is 0.584. The highest BCUT2D eigenvalue weighted by Gasteiger charge is 2.13. The first kappa shape index (κ1) is 13.8. The van der Waals surface area contributed by atoms with Crippen LogP contribution in [0.5, 0.6) is 0 Å². The largest absolute Gasteiger partial charge is 0.330 e. The Morgan fingerprint density at radius 1 is 1.30 bits per heavy atom. The van der Waals surface area contributed by atoms with Crippen molar-refractivity contribution in [2.75, 3.05) is 5.32 Å². The summed E-state index contributed by atoms with van der Waals surface area (Å²) < 4.78 is 1.61. The molecule has 0 spiro atoms. The highest BCUT2D eigenvalue weighted by Crippen LogP contribution is 2.17. The van der Waals surface area contributed by atoms with E-state index in [0.717, 1.165) is 5.56 Å². The van der Waals surface area contributed by atoms with Crippen molar-refractivity contribution in [3.63, 3.8) is 0 Å². The molecular weight excluding hydrogens is 258 g/mol. The molecule has 2 amide bonds. The molecule has 2 aromatic rings. The van der Waals surface area contributed by atoms with E-state index in [0.29, 0.717) is 16.9 Å². The SMILES string of the molecule is Cc1ccc(C(=O)NN)cc1NC(=O)c1cncn1C. The second kappa shape index (κ2) is 5.54. The molecule has 0 saturated carbocycles. The molecule has 0 radical (unpaired) electrons. The van der Waals surface area contributed by atoms with Gasteiger partial charge in [0.25, 0.3) is 11.8 Å². The molecule has 0 aliphatic carbocycles. The van der Waals surface area contributed by atoms with Crippen LogP contribution in [0, 0.1) is 6.92 Å². The van der Waals surface area contributed by atoms with Gasteiger partial charge in [0.15, 0.2) is 0 Å². The van der Waals surface area contributed by atoms with Crippen LogP contribution < -0.4 is 16.6 Å². The average Bonchev–Trinajstić information content (AvgIpc) is 2.86. The molecule has 2 rings (SSSR count). The van der Waals surface area contributed by atoms with Gasteiger partial charge in [-0.2, -0.15) is 0 Å². The van der Waals surface area contributed by atoms with E-state index in [2.05, 4.69) is 15.7 Å². The summed E-state index contributed by atoms with van der Waals surface area (Å²) in [4.78, 5) is 27.5. The number of hydrogen-bond donors (Lipinski definition) is 3. The van der Waals surface area contributed by atoms with Crippen LogP contribution >= 0.6 is 0 Å². The summed E-state index contributed by atoms with van der Waals surface area (Å²) >= 11 is 0. The summed E-state index contributed by atoms with van der Waals surface area (Å²) in [6.07, 6.45) is 3.02. The number of rotatable bonds is 3. The third-order valence-electron chi connectivity index (χ3n) is 2.93. The Labute approximate surface area is 115 Å². The van der Waals surface area contributed by atoms with E-state index in [1.807, 2.05) is 6.92 Å². The molecule has 0 aliphatic heterocycles. The Balaban J connectivity index is 2.27. The van der Waals surface area contributed by atoms with Crippen molar-refractivity contribution >= 4 is 17.5 Å². The number of hydrazine groups is 1. The Morgan fingerprint density at radius 2 is 2.05 bits per heavy atom. The van der Waals surface area contributed by atoms with Gasteiger partial charge in [0.2, 0.25) is 0 Å². The molecule has 1 aromatic carbocycles. The summed E-state index contributed by atoms with van der Waals surface area (Å²) in [7, 11) is 1.73. The van der Waals surface area contributed by atoms with Crippen LogP contribution in [0.2, 0.25) is 0 Å². The van der Waals surface area contributed by atoms with E-state index >= 15 is 0 Å². The summed E-state index contributed by atoms with van der Waals surface area (Å²) in [5.74, 6) is 4.38. The zero-order chi connectivity index (χ0) is 14.7. The fraction of sp³-hybridized carbons (Fsp3) is 0.154. The summed E-state index contributed by atoms with van der Waals surface area (Å²) in [6, 6.07) is 4.95. The minimum absolute atomic E-state index is 0.293. The maximum absolute atomic E-state index is 12.1. The molecule has 1 heterocycles. The third-order valence-corrected chi connectivity index (χ3v) is 2.93. The van der Waals surface area contributed by atoms with E-state index in [1.165, 1.54) is 6.20 Å². The molecule has 0 bridgehead atoms. The van der Waals surface area contributed by atoms with Gasteiger partial charge in [-0.15, -0.1) is 0 Å². The number of benzene rings is 1. The number of nitrogens with zero attached hydrogens (tertiary/aromatic N) is 2. The number of carbonyl (C=O) groups is 2. The molecule has 0 atom stereocenters. The number of imidazole rings is 1. The van der Waals surface area contributed by atoms with Gasteiger partial charge in [-0.05, 0) is 24.6 Å². The topological polar surface area (TPSA) is 102 Å². The van der Waals surface area contributed by atoms with Crippen LogP contribution in [0.4, 0.5) is 5.69 Å². The smallest absolute Gasteiger partial charge is 0.273 e. The van der Waals surface area contributed by atoms with E-state index in [4.69, 9.17) is 5.84 Å². The zero-order valence-electron chi connectivity index (χ0n) is 11.2. The van der Waals surface area contributed by atoms with E-state index in [9.17, 15) is 9.59 Å². The molecule has 0 saturated heterocycles. The standard InChI is InChI=1S/C13H15N5O2/c1-8-3-4-9(12(19)17-14)5-10(8)16-13(20)11-6-15-7-18(11)2/h3-7H,14H2,1-2H3,(H,16,20)(H,17,19). The maximum atomic E-state index is 12.1. The fourth-order valence-electron chi connectivity index (χ4n) is 1.74. The average molecular weight is 273 g/mol. The molecule has 0 aliphatic rings. The van der Waals surface area contributed by atoms with Crippen molar-refractivity contribution in [2.45, 2.75) is 6.92 Å². The fourth-order valence-corrected chi connectivity index (χ4v) is 1.74. The molecule has 0 unspecified atom stereocenters. The first-order valence-corrected chi connectivity index (χ1v) is 5.92. The summed E-state index contributed by atoms with van der Waals surface area (Å²) in [5, 5.41) is 2.75. The van der Waals surface area contributed by atoms with Crippen molar-refractivity contribution in [2.24, 2.45) is 12.9 Å². The van der Waals surface area contributed by atoms with Crippen LogP contribution in [0.3, 0.4) is 0 Å². The normalized spacial score (nSPS) is 10.2. The molecule has 104 valence electrons. The number of nitrogens with one attached hydrogen (secondary N) is 2. The number of aromatic nitrogens is 2. The Kier molecular flexibility index (Phi) is 3.81. The minimum atomic E-state index is -0.416. The quantitative estimate of drug-likeness (QED) is 0.432. The van der Waals surface area contributed by atoms with Crippen molar-refractivity contribution in [3.8, 4) is 0 Å². The van der Waals surface area contributed by atoms with E-state index < -0.39 is 5.91 Å².